The molecule has 0 unspecified atom stereocenters. The molecule has 142 valence electrons. The van der Waals surface area contributed by atoms with Crippen molar-refractivity contribution in [3.63, 3.8) is 0 Å². The maximum atomic E-state index is 5.00. The molecule has 4 aromatic carbocycles. The molecule has 0 bridgehead atoms. The summed E-state index contributed by atoms with van der Waals surface area (Å²) in [5, 5.41) is 7.61. The number of dihydropyridines is 1. The smallest absolute Gasteiger partial charge is 0.0889 e. The second-order valence-electron chi connectivity index (χ2n) is 7.72. The quantitative estimate of drug-likeness (QED) is 0.302. The summed E-state index contributed by atoms with van der Waals surface area (Å²) in [7, 11) is 0. The van der Waals surface area contributed by atoms with E-state index < -0.39 is 0 Å². The van der Waals surface area contributed by atoms with Gasteiger partial charge >= 0.3 is 0 Å². The molecule has 0 radical (unpaired) electrons. The second-order valence-corrected chi connectivity index (χ2v) is 7.72. The highest BCUT2D eigenvalue weighted by atomic mass is 14.8. The molecular weight excluding hydrogens is 364 g/mol. The Labute approximate surface area is 175 Å². The molecule has 0 amide bonds. The number of allylic oxidation sites excluding steroid dienone is 1. The average molecular weight is 384 g/mol. The standard InChI is InChI=1S/C28H20N2/c1-2-9-21-19(8-1)15-16-20-18-24(22-10-3-4-11-23(22)28(20)21)25-13-7-14-27(30-25)26-12-5-6-17-29-26/h1-5,7-16,18H,6,17H2. The van der Waals surface area contributed by atoms with Crippen LogP contribution < -0.4 is 0 Å². The SMILES string of the molecule is C1=CC(c2cccc(-c3cc4ccc5ccccc5c4c4ccccc34)n2)=NCC1. The van der Waals surface area contributed by atoms with Crippen LogP contribution in [0.4, 0.5) is 0 Å². The van der Waals surface area contributed by atoms with Gasteiger partial charge in [-0.25, -0.2) is 4.98 Å². The van der Waals surface area contributed by atoms with Crippen molar-refractivity contribution >= 4 is 38.0 Å². The number of rotatable bonds is 2. The van der Waals surface area contributed by atoms with Crippen LogP contribution in [0, 0.1) is 0 Å². The van der Waals surface area contributed by atoms with E-state index in [1.54, 1.807) is 0 Å². The van der Waals surface area contributed by atoms with Crippen molar-refractivity contribution in [3.05, 3.63) is 103 Å². The van der Waals surface area contributed by atoms with Crippen LogP contribution in [0.1, 0.15) is 12.1 Å². The van der Waals surface area contributed by atoms with Crippen LogP contribution in [0.2, 0.25) is 0 Å². The fraction of sp³-hybridized carbons (Fsp3) is 0.0714. The van der Waals surface area contributed by atoms with Crippen molar-refractivity contribution in [1.29, 1.82) is 0 Å². The number of hydrogen-bond acceptors (Lipinski definition) is 2. The van der Waals surface area contributed by atoms with Crippen molar-refractivity contribution in [2.45, 2.75) is 6.42 Å². The Morgan fingerprint density at radius 3 is 2.27 bits per heavy atom. The lowest BCUT2D eigenvalue weighted by atomic mass is 9.92. The van der Waals surface area contributed by atoms with E-state index in [-0.39, 0.29) is 0 Å². The first-order valence-corrected chi connectivity index (χ1v) is 10.4. The zero-order chi connectivity index (χ0) is 19.9. The summed E-state index contributed by atoms with van der Waals surface area (Å²) in [6.07, 6.45) is 5.26. The van der Waals surface area contributed by atoms with E-state index in [4.69, 9.17) is 4.98 Å². The highest BCUT2D eigenvalue weighted by Gasteiger charge is 2.13. The van der Waals surface area contributed by atoms with Gasteiger partial charge in [-0.2, -0.15) is 0 Å². The van der Waals surface area contributed by atoms with Gasteiger partial charge in [-0.1, -0.05) is 72.8 Å². The average Bonchev–Trinajstić information content (AvgIpc) is 2.84. The van der Waals surface area contributed by atoms with Gasteiger partial charge in [0.15, 0.2) is 0 Å². The fourth-order valence-corrected chi connectivity index (χ4v) is 4.49. The first-order chi connectivity index (χ1) is 14.9. The highest BCUT2D eigenvalue weighted by Crippen LogP contribution is 2.37. The number of pyridine rings is 1. The van der Waals surface area contributed by atoms with Crippen molar-refractivity contribution in [3.8, 4) is 11.3 Å². The second kappa shape index (κ2) is 6.93. The van der Waals surface area contributed by atoms with Crippen LogP contribution in [0.15, 0.2) is 102 Å². The molecule has 0 saturated heterocycles. The van der Waals surface area contributed by atoms with Gasteiger partial charge in [0, 0.05) is 12.1 Å². The molecule has 1 aliphatic rings. The molecule has 0 saturated carbocycles. The van der Waals surface area contributed by atoms with Crippen LogP contribution in [0.5, 0.6) is 0 Å². The number of fused-ring (bicyclic) bond motifs is 5. The minimum absolute atomic E-state index is 0.837. The molecule has 2 heteroatoms. The Morgan fingerprint density at radius 2 is 1.40 bits per heavy atom. The molecule has 2 heterocycles. The van der Waals surface area contributed by atoms with E-state index in [0.29, 0.717) is 0 Å². The summed E-state index contributed by atoms with van der Waals surface area (Å²) in [6, 6.07) is 30.3. The molecule has 0 fully saturated rings. The topological polar surface area (TPSA) is 25.2 Å². The predicted octanol–water partition coefficient (Wildman–Crippen LogP) is 6.96. The Morgan fingerprint density at radius 1 is 0.633 bits per heavy atom. The number of aliphatic imine (C=N–C) groups is 1. The molecule has 1 aromatic heterocycles. The maximum absolute atomic E-state index is 5.00. The molecule has 0 N–H and O–H groups in total. The molecule has 0 spiro atoms. The molecule has 2 nitrogen and oxygen atoms in total. The Balaban J connectivity index is 1.65. The van der Waals surface area contributed by atoms with Gasteiger partial charge in [-0.3, -0.25) is 4.99 Å². The van der Waals surface area contributed by atoms with Crippen LogP contribution in [0.25, 0.3) is 43.6 Å². The number of aromatic nitrogens is 1. The lowest BCUT2D eigenvalue weighted by Crippen LogP contribution is -2.05. The van der Waals surface area contributed by atoms with Crippen LogP contribution in [0.3, 0.4) is 0 Å². The molecule has 5 aromatic rings. The van der Waals surface area contributed by atoms with Crippen molar-refractivity contribution in [1.82, 2.24) is 4.98 Å². The summed E-state index contributed by atoms with van der Waals surface area (Å²) >= 11 is 0. The largest absolute Gasteiger partial charge is 0.283 e. The van der Waals surface area contributed by atoms with Gasteiger partial charge in [0.25, 0.3) is 0 Å². The monoisotopic (exact) mass is 384 g/mol. The Bertz CT molecular complexity index is 1490. The van der Waals surface area contributed by atoms with Gasteiger partial charge in [-0.15, -0.1) is 0 Å². The minimum atomic E-state index is 0.837. The molecule has 6 rings (SSSR count). The van der Waals surface area contributed by atoms with Gasteiger partial charge < -0.3 is 0 Å². The summed E-state index contributed by atoms with van der Waals surface area (Å²) < 4.78 is 0. The van der Waals surface area contributed by atoms with Gasteiger partial charge in [-0.05, 0) is 63.0 Å². The zero-order valence-corrected chi connectivity index (χ0v) is 16.5. The van der Waals surface area contributed by atoms with E-state index in [9.17, 15) is 0 Å². The van der Waals surface area contributed by atoms with Gasteiger partial charge in [0.05, 0.1) is 17.1 Å². The Kier molecular flexibility index (Phi) is 3.95. The third-order valence-corrected chi connectivity index (χ3v) is 5.89. The van der Waals surface area contributed by atoms with Gasteiger partial charge in [0.1, 0.15) is 0 Å². The minimum Gasteiger partial charge on any atom is -0.283 e. The van der Waals surface area contributed by atoms with E-state index in [1.165, 1.54) is 32.3 Å². The third-order valence-electron chi connectivity index (χ3n) is 5.89. The first kappa shape index (κ1) is 17.1. The summed E-state index contributed by atoms with van der Waals surface area (Å²) in [4.78, 5) is 9.65. The van der Waals surface area contributed by atoms with E-state index in [0.717, 1.165) is 35.6 Å². The van der Waals surface area contributed by atoms with Crippen molar-refractivity contribution < 1.29 is 0 Å². The molecule has 0 aliphatic carbocycles. The van der Waals surface area contributed by atoms with Crippen LogP contribution in [-0.4, -0.2) is 17.2 Å². The van der Waals surface area contributed by atoms with Crippen LogP contribution in [-0.2, 0) is 0 Å². The predicted molar refractivity (Wildman–Crippen MR) is 127 cm³/mol. The third kappa shape index (κ3) is 2.73. The van der Waals surface area contributed by atoms with Crippen molar-refractivity contribution in [2.75, 3.05) is 6.54 Å². The maximum Gasteiger partial charge on any atom is 0.0889 e. The van der Waals surface area contributed by atoms with Gasteiger partial charge in [0.2, 0.25) is 0 Å². The molecule has 0 atom stereocenters. The summed E-state index contributed by atoms with van der Waals surface area (Å²) in [6.45, 7) is 0.837. The number of benzene rings is 4. The summed E-state index contributed by atoms with van der Waals surface area (Å²) in [5.74, 6) is 0. The van der Waals surface area contributed by atoms with E-state index in [2.05, 4.69) is 102 Å². The lowest BCUT2D eigenvalue weighted by molar-refractivity contribution is 0.991. The Hall–Kier alpha value is -3.78. The van der Waals surface area contributed by atoms with Crippen LogP contribution >= 0.6 is 0 Å². The van der Waals surface area contributed by atoms with E-state index in [1.807, 2.05) is 0 Å². The number of nitrogens with zero attached hydrogens (tertiary/aromatic N) is 2. The number of hydrogen-bond donors (Lipinski definition) is 0. The fourth-order valence-electron chi connectivity index (χ4n) is 4.49. The summed E-state index contributed by atoms with van der Waals surface area (Å²) in [5.41, 5.74) is 4.06. The van der Waals surface area contributed by atoms with E-state index >= 15 is 0 Å². The molecule has 1 aliphatic heterocycles. The molecular formula is C28H20N2. The highest BCUT2D eigenvalue weighted by molar-refractivity contribution is 6.23. The van der Waals surface area contributed by atoms with Crippen molar-refractivity contribution in [2.24, 2.45) is 4.99 Å². The first-order valence-electron chi connectivity index (χ1n) is 10.4. The molecule has 30 heavy (non-hydrogen) atoms. The normalized spacial score (nSPS) is 13.8. The zero-order valence-electron chi connectivity index (χ0n) is 16.5. The lowest BCUT2D eigenvalue weighted by Gasteiger charge is -2.13.